The lowest BCUT2D eigenvalue weighted by molar-refractivity contribution is 0.0697. The number of aromatic nitrogens is 2. The summed E-state index contributed by atoms with van der Waals surface area (Å²) in [6, 6.07) is 18.6. The first-order chi connectivity index (χ1) is 12.7. The van der Waals surface area contributed by atoms with Crippen LogP contribution in [-0.4, -0.2) is 20.6 Å². The number of carboxylic acids is 1. The number of para-hydroxylation sites is 2. The Morgan fingerprint density at radius 3 is 2.54 bits per heavy atom. The Bertz CT molecular complexity index is 1160. The van der Waals surface area contributed by atoms with Crippen molar-refractivity contribution in [2.45, 2.75) is 0 Å². The Labute approximate surface area is 150 Å². The Kier molecular flexibility index (Phi) is 3.97. The van der Waals surface area contributed by atoms with Crippen LogP contribution in [-0.2, 0) is 0 Å². The number of fused-ring (bicyclic) bond motifs is 1. The number of benzene rings is 2. The van der Waals surface area contributed by atoms with Gasteiger partial charge in [0, 0.05) is 29.7 Å². The van der Waals surface area contributed by atoms with Crippen molar-refractivity contribution in [3.63, 3.8) is 0 Å². The quantitative estimate of drug-likeness (QED) is 0.559. The standard InChI is InChI=1S/C22H14N2O2/c25-22(26)19-6-3-5-18(9-8-16-10-13-23-14-11-16)21(19)24-15-12-17-4-1-2-7-20(17)24/h1-7,10-15H,(H,25,26). The van der Waals surface area contributed by atoms with Crippen LogP contribution in [0.5, 0.6) is 0 Å². The normalized spacial score (nSPS) is 10.3. The fourth-order valence-corrected chi connectivity index (χ4v) is 2.93. The molecule has 0 amide bonds. The molecule has 124 valence electrons. The summed E-state index contributed by atoms with van der Waals surface area (Å²) in [4.78, 5) is 15.8. The average Bonchev–Trinajstić information content (AvgIpc) is 3.10. The van der Waals surface area contributed by atoms with Gasteiger partial charge in [-0.15, -0.1) is 0 Å². The van der Waals surface area contributed by atoms with Crippen LogP contribution in [0.1, 0.15) is 21.5 Å². The molecule has 4 aromatic rings. The van der Waals surface area contributed by atoms with Crippen LogP contribution in [0, 0.1) is 11.8 Å². The highest BCUT2D eigenvalue weighted by molar-refractivity contribution is 5.95. The van der Waals surface area contributed by atoms with E-state index in [-0.39, 0.29) is 5.56 Å². The highest BCUT2D eigenvalue weighted by Gasteiger charge is 2.16. The van der Waals surface area contributed by atoms with E-state index in [0.29, 0.717) is 11.3 Å². The zero-order valence-electron chi connectivity index (χ0n) is 13.8. The molecule has 2 heterocycles. The second-order valence-electron chi connectivity index (χ2n) is 5.74. The molecule has 0 saturated carbocycles. The summed E-state index contributed by atoms with van der Waals surface area (Å²) in [5.74, 6) is 5.22. The largest absolute Gasteiger partial charge is 0.478 e. The topological polar surface area (TPSA) is 55.1 Å². The van der Waals surface area contributed by atoms with E-state index in [9.17, 15) is 9.90 Å². The first-order valence-corrected chi connectivity index (χ1v) is 8.09. The molecule has 0 aliphatic rings. The number of carbonyl (C=O) groups is 1. The van der Waals surface area contributed by atoms with Gasteiger partial charge in [0.2, 0.25) is 0 Å². The number of aromatic carboxylic acids is 1. The zero-order chi connectivity index (χ0) is 17.9. The summed E-state index contributed by atoms with van der Waals surface area (Å²) < 4.78 is 1.88. The molecule has 0 spiro atoms. The van der Waals surface area contributed by atoms with E-state index in [0.717, 1.165) is 16.5 Å². The van der Waals surface area contributed by atoms with Gasteiger partial charge in [0.15, 0.2) is 0 Å². The molecule has 2 aromatic carbocycles. The summed E-state index contributed by atoms with van der Waals surface area (Å²) in [5, 5.41) is 10.7. The molecule has 0 fully saturated rings. The minimum atomic E-state index is -0.981. The van der Waals surface area contributed by atoms with Gasteiger partial charge < -0.3 is 9.67 Å². The van der Waals surface area contributed by atoms with E-state index in [2.05, 4.69) is 16.8 Å². The fourth-order valence-electron chi connectivity index (χ4n) is 2.93. The van der Waals surface area contributed by atoms with E-state index in [1.54, 1.807) is 24.5 Å². The van der Waals surface area contributed by atoms with E-state index in [1.807, 2.05) is 59.3 Å². The Morgan fingerprint density at radius 1 is 0.923 bits per heavy atom. The van der Waals surface area contributed by atoms with Crippen molar-refractivity contribution >= 4 is 16.9 Å². The Balaban J connectivity index is 1.95. The molecule has 4 heteroatoms. The maximum Gasteiger partial charge on any atom is 0.337 e. The number of nitrogens with zero attached hydrogens (tertiary/aromatic N) is 2. The Hall–Kier alpha value is -3.84. The molecule has 2 aromatic heterocycles. The van der Waals surface area contributed by atoms with Crippen molar-refractivity contribution in [3.05, 3.63) is 95.9 Å². The highest BCUT2D eigenvalue weighted by Crippen LogP contribution is 2.26. The molecule has 0 saturated heterocycles. The summed E-state index contributed by atoms with van der Waals surface area (Å²) in [6.45, 7) is 0. The van der Waals surface area contributed by atoms with E-state index < -0.39 is 5.97 Å². The monoisotopic (exact) mass is 338 g/mol. The third kappa shape index (κ3) is 2.83. The number of rotatable bonds is 2. The first kappa shape index (κ1) is 15.7. The van der Waals surface area contributed by atoms with Crippen LogP contribution >= 0.6 is 0 Å². The third-order valence-corrected chi connectivity index (χ3v) is 4.13. The lowest BCUT2D eigenvalue weighted by Crippen LogP contribution is -2.07. The SMILES string of the molecule is O=C(O)c1cccc(C#Cc2ccncc2)c1-n1ccc2ccccc21. The van der Waals surface area contributed by atoms with Crippen molar-refractivity contribution in [3.8, 4) is 17.5 Å². The number of pyridine rings is 1. The molecule has 0 unspecified atom stereocenters. The van der Waals surface area contributed by atoms with E-state index in [1.165, 1.54) is 0 Å². The van der Waals surface area contributed by atoms with Gasteiger partial charge in [0.25, 0.3) is 0 Å². The molecule has 4 rings (SSSR count). The maximum absolute atomic E-state index is 11.8. The second kappa shape index (κ2) is 6.58. The van der Waals surface area contributed by atoms with Gasteiger partial charge in [-0.3, -0.25) is 4.98 Å². The maximum atomic E-state index is 11.8. The van der Waals surface area contributed by atoms with Gasteiger partial charge in [0.1, 0.15) is 0 Å². The molecular formula is C22H14N2O2. The molecular weight excluding hydrogens is 324 g/mol. The van der Waals surface area contributed by atoms with Crippen LogP contribution in [0.2, 0.25) is 0 Å². The zero-order valence-corrected chi connectivity index (χ0v) is 13.8. The van der Waals surface area contributed by atoms with Crippen molar-refractivity contribution in [1.82, 2.24) is 9.55 Å². The van der Waals surface area contributed by atoms with Gasteiger partial charge in [-0.05, 0) is 41.8 Å². The molecule has 26 heavy (non-hydrogen) atoms. The average molecular weight is 338 g/mol. The van der Waals surface area contributed by atoms with Crippen LogP contribution in [0.15, 0.2) is 79.3 Å². The third-order valence-electron chi connectivity index (χ3n) is 4.13. The van der Waals surface area contributed by atoms with Gasteiger partial charge in [-0.25, -0.2) is 4.79 Å². The Morgan fingerprint density at radius 2 is 1.73 bits per heavy atom. The van der Waals surface area contributed by atoms with Crippen LogP contribution in [0.25, 0.3) is 16.6 Å². The van der Waals surface area contributed by atoms with Crippen molar-refractivity contribution < 1.29 is 9.90 Å². The van der Waals surface area contributed by atoms with Crippen LogP contribution in [0.4, 0.5) is 0 Å². The van der Waals surface area contributed by atoms with E-state index in [4.69, 9.17) is 0 Å². The molecule has 0 atom stereocenters. The van der Waals surface area contributed by atoms with Gasteiger partial charge in [0.05, 0.1) is 16.8 Å². The summed E-state index contributed by atoms with van der Waals surface area (Å²) in [6.07, 6.45) is 5.24. The highest BCUT2D eigenvalue weighted by atomic mass is 16.4. The predicted molar refractivity (Wildman–Crippen MR) is 100 cm³/mol. The van der Waals surface area contributed by atoms with Crippen molar-refractivity contribution in [1.29, 1.82) is 0 Å². The molecule has 1 N–H and O–H groups in total. The molecule has 0 bridgehead atoms. The van der Waals surface area contributed by atoms with Crippen molar-refractivity contribution in [2.75, 3.05) is 0 Å². The summed E-state index contributed by atoms with van der Waals surface area (Å²) in [5.41, 5.74) is 3.20. The summed E-state index contributed by atoms with van der Waals surface area (Å²) in [7, 11) is 0. The van der Waals surface area contributed by atoms with Crippen LogP contribution < -0.4 is 0 Å². The van der Waals surface area contributed by atoms with Gasteiger partial charge in [-0.1, -0.05) is 36.1 Å². The molecule has 4 nitrogen and oxygen atoms in total. The summed E-state index contributed by atoms with van der Waals surface area (Å²) >= 11 is 0. The second-order valence-corrected chi connectivity index (χ2v) is 5.74. The minimum Gasteiger partial charge on any atom is -0.478 e. The van der Waals surface area contributed by atoms with Crippen molar-refractivity contribution in [2.24, 2.45) is 0 Å². The molecule has 0 aliphatic heterocycles. The predicted octanol–water partition coefficient (Wildman–Crippen LogP) is 4.12. The number of carboxylic acid groups (broad SMARTS) is 1. The van der Waals surface area contributed by atoms with Crippen LogP contribution in [0.3, 0.4) is 0 Å². The van der Waals surface area contributed by atoms with Gasteiger partial charge >= 0.3 is 5.97 Å². The lowest BCUT2D eigenvalue weighted by Gasteiger charge is -2.12. The molecule has 0 aliphatic carbocycles. The fraction of sp³-hybridized carbons (Fsp3) is 0. The van der Waals surface area contributed by atoms with Gasteiger partial charge in [-0.2, -0.15) is 0 Å². The van der Waals surface area contributed by atoms with E-state index >= 15 is 0 Å². The number of hydrogen-bond donors (Lipinski definition) is 1. The molecule has 0 radical (unpaired) electrons. The first-order valence-electron chi connectivity index (χ1n) is 8.09. The lowest BCUT2D eigenvalue weighted by atomic mass is 10.1. The minimum absolute atomic E-state index is 0.216. The number of hydrogen-bond acceptors (Lipinski definition) is 2. The smallest absolute Gasteiger partial charge is 0.337 e.